The molecule has 0 aromatic heterocycles. The van der Waals surface area contributed by atoms with Gasteiger partial charge in [0.2, 0.25) is 0 Å². The average Bonchev–Trinajstić information content (AvgIpc) is 2.52. The zero-order valence-electron chi connectivity index (χ0n) is 11.2. The van der Waals surface area contributed by atoms with Crippen molar-refractivity contribution < 1.29 is 23.9 Å². The predicted molar refractivity (Wildman–Crippen MR) is 66.8 cm³/mol. The standard InChI is InChI=1S/C13H17NO5/c1-8-7-9(12(17)14-8)18-10(15)5-6-11(16)19-13(2,3)4/h5-6,9H,1,7H2,2-4H3,(H,14,17)/b6-5+. The molecule has 0 saturated carbocycles. The molecule has 1 N–H and O–H groups in total. The maximum Gasteiger partial charge on any atom is 0.331 e. The molecule has 1 atom stereocenters. The van der Waals surface area contributed by atoms with Crippen LogP contribution in [0.2, 0.25) is 0 Å². The van der Waals surface area contributed by atoms with E-state index in [0.29, 0.717) is 5.70 Å². The summed E-state index contributed by atoms with van der Waals surface area (Å²) in [6.45, 7) is 8.70. The van der Waals surface area contributed by atoms with Crippen molar-refractivity contribution in [3.8, 4) is 0 Å². The smallest absolute Gasteiger partial charge is 0.331 e. The minimum Gasteiger partial charge on any atom is -0.457 e. The van der Waals surface area contributed by atoms with Gasteiger partial charge in [0.1, 0.15) is 5.60 Å². The van der Waals surface area contributed by atoms with Gasteiger partial charge in [0, 0.05) is 24.3 Å². The number of amides is 1. The van der Waals surface area contributed by atoms with Gasteiger partial charge in [0.15, 0.2) is 6.10 Å². The van der Waals surface area contributed by atoms with Crippen molar-refractivity contribution in [3.63, 3.8) is 0 Å². The Labute approximate surface area is 111 Å². The van der Waals surface area contributed by atoms with Gasteiger partial charge in [0.25, 0.3) is 5.91 Å². The van der Waals surface area contributed by atoms with Gasteiger partial charge >= 0.3 is 11.9 Å². The number of hydrogen-bond acceptors (Lipinski definition) is 5. The number of rotatable bonds is 3. The highest BCUT2D eigenvalue weighted by atomic mass is 16.6. The molecular formula is C13H17NO5. The van der Waals surface area contributed by atoms with E-state index in [1.165, 1.54) is 0 Å². The third-order valence-electron chi connectivity index (χ3n) is 2.04. The molecule has 1 heterocycles. The summed E-state index contributed by atoms with van der Waals surface area (Å²) in [5, 5.41) is 2.44. The second kappa shape index (κ2) is 5.69. The molecule has 0 aliphatic carbocycles. The van der Waals surface area contributed by atoms with E-state index in [0.717, 1.165) is 12.2 Å². The Morgan fingerprint density at radius 3 is 2.37 bits per heavy atom. The summed E-state index contributed by atoms with van der Waals surface area (Å²) in [6, 6.07) is 0. The van der Waals surface area contributed by atoms with Crippen molar-refractivity contribution in [1.82, 2.24) is 5.32 Å². The molecule has 1 fully saturated rings. The van der Waals surface area contributed by atoms with Crippen molar-refractivity contribution in [2.45, 2.75) is 38.9 Å². The molecule has 0 aromatic rings. The summed E-state index contributed by atoms with van der Waals surface area (Å²) >= 11 is 0. The molecule has 19 heavy (non-hydrogen) atoms. The zero-order valence-corrected chi connectivity index (χ0v) is 11.2. The van der Waals surface area contributed by atoms with E-state index in [9.17, 15) is 14.4 Å². The first kappa shape index (κ1) is 14.9. The lowest BCUT2D eigenvalue weighted by atomic mass is 10.2. The number of ether oxygens (including phenoxy) is 2. The molecule has 1 amide bonds. The first-order valence-corrected chi connectivity index (χ1v) is 5.78. The van der Waals surface area contributed by atoms with Crippen LogP contribution in [0.4, 0.5) is 0 Å². The van der Waals surface area contributed by atoms with Gasteiger partial charge in [-0.3, -0.25) is 4.79 Å². The predicted octanol–water partition coefficient (Wildman–Crippen LogP) is 0.830. The summed E-state index contributed by atoms with van der Waals surface area (Å²) in [6.07, 6.45) is 1.26. The molecule has 6 heteroatoms. The van der Waals surface area contributed by atoms with E-state index < -0.39 is 29.6 Å². The first-order chi connectivity index (χ1) is 8.67. The topological polar surface area (TPSA) is 81.7 Å². The Hall–Kier alpha value is -2.11. The van der Waals surface area contributed by atoms with Crippen LogP contribution in [0, 0.1) is 0 Å². The highest BCUT2D eigenvalue weighted by molar-refractivity contribution is 5.94. The molecule has 0 bridgehead atoms. The van der Waals surface area contributed by atoms with Crippen LogP contribution in [0.25, 0.3) is 0 Å². The number of carbonyl (C=O) groups is 3. The summed E-state index contributed by atoms with van der Waals surface area (Å²) in [7, 11) is 0. The van der Waals surface area contributed by atoms with Gasteiger partial charge in [0.05, 0.1) is 0 Å². The number of hydrogen-bond donors (Lipinski definition) is 1. The van der Waals surface area contributed by atoms with Crippen molar-refractivity contribution in [2.75, 3.05) is 0 Å². The van der Waals surface area contributed by atoms with Gasteiger partial charge in [-0.15, -0.1) is 0 Å². The Balaban J connectivity index is 2.45. The summed E-state index contributed by atoms with van der Waals surface area (Å²) in [5.41, 5.74) is -0.132. The van der Waals surface area contributed by atoms with Crippen LogP contribution in [0.1, 0.15) is 27.2 Å². The van der Waals surface area contributed by atoms with Gasteiger partial charge in [-0.05, 0) is 20.8 Å². The second-order valence-corrected chi connectivity index (χ2v) is 5.09. The summed E-state index contributed by atoms with van der Waals surface area (Å²) in [4.78, 5) is 34.0. The van der Waals surface area contributed by atoms with E-state index in [1.807, 2.05) is 0 Å². The maximum absolute atomic E-state index is 11.4. The third kappa shape index (κ3) is 5.37. The molecular weight excluding hydrogens is 250 g/mol. The Kier molecular flexibility index (Phi) is 4.47. The molecule has 104 valence electrons. The fraction of sp³-hybridized carbons (Fsp3) is 0.462. The minimum absolute atomic E-state index is 0.241. The van der Waals surface area contributed by atoms with Crippen LogP contribution in [0.3, 0.4) is 0 Å². The van der Waals surface area contributed by atoms with Crippen molar-refractivity contribution in [2.24, 2.45) is 0 Å². The fourth-order valence-electron chi connectivity index (χ4n) is 1.37. The van der Waals surface area contributed by atoms with Crippen LogP contribution in [-0.4, -0.2) is 29.6 Å². The minimum atomic E-state index is -0.886. The van der Waals surface area contributed by atoms with E-state index >= 15 is 0 Å². The number of nitrogens with one attached hydrogen (secondary N) is 1. The highest BCUT2D eigenvalue weighted by Crippen LogP contribution is 2.13. The zero-order chi connectivity index (χ0) is 14.6. The summed E-state index contributed by atoms with van der Waals surface area (Å²) < 4.78 is 9.84. The molecule has 0 aromatic carbocycles. The van der Waals surface area contributed by atoms with Crippen LogP contribution in [-0.2, 0) is 23.9 Å². The fourth-order valence-corrected chi connectivity index (χ4v) is 1.37. The van der Waals surface area contributed by atoms with E-state index in [1.54, 1.807) is 20.8 Å². The van der Waals surface area contributed by atoms with Crippen molar-refractivity contribution in [3.05, 3.63) is 24.4 Å². The highest BCUT2D eigenvalue weighted by Gasteiger charge is 2.29. The van der Waals surface area contributed by atoms with Gasteiger partial charge < -0.3 is 14.8 Å². The maximum atomic E-state index is 11.4. The molecule has 1 saturated heterocycles. The molecule has 1 unspecified atom stereocenters. The Morgan fingerprint density at radius 1 is 1.32 bits per heavy atom. The Bertz CT molecular complexity index is 444. The molecule has 1 aliphatic heterocycles. The van der Waals surface area contributed by atoms with Gasteiger partial charge in [-0.2, -0.15) is 0 Å². The number of esters is 2. The SMILES string of the molecule is C=C1CC(OC(=O)/C=C/C(=O)OC(C)(C)C)C(=O)N1. The summed E-state index contributed by atoms with van der Waals surface area (Å²) in [5.74, 6) is -1.84. The van der Waals surface area contributed by atoms with Crippen LogP contribution >= 0.6 is 0 Å². The molecule has 0 spiro atoms. The Morgan fingerprint density at radius 2 is 1.89 bits per heavy atom. The van der Waals surface area contributed by atoms with E-state index in [2.05, 4.69) is 11.9 Å². The van der Waals surface area contributed by atoms with Crippen LogP contribution in [0.15, 0.2) is 24.4 Å². The third-order valence-corrected chi connectivity index (χ3v) is 2.04. The normalized spacial score (nSPS) is 19.4. The molecule has 1 aliphatic rings. The molecule has 0 radical (unpaired) electrons. The van der Waals surface area contributed by atoms with Gasteiger partial charge in [-0.25, -0.2) is 9.59 Å². The van der Waals surface area contributed by atoms with Crippen molar-refractivity contribution in [1.29, 1.82) is 0 Å². The first-order valence-electron chi connectivity index (χ1n) is 5.78. The van der Waals surface area contributed by atoms with Crippen LogP contribution < -0.4 is 5.32 Å². The average molecular weight is 267 g/mol. The van der Waals surface area contributed by atoms with E-state index in [4.69, 9.17) is 9.47 Å². The van der Waals surface area contributed by atoms with Crippen molar-refractivity contribution >= 4 is 17.8 Å². The molecule has 1 rings (SSSR count). The number of carbonyl (C=O) groups excluding carboxylic acids is 3. The lowest BCUT2D eigenvalue weighted by Crippen LogP contribution is -2.27. The van der Waals surface area contributed by atoms with Gasteiger partial charge in [-0.1, -0.05) is 6.58 Å². The second-order valence-electron chi connectivity index (χ2n) is 5.09. The lowest BCUT2D eigenvalue weighted by Gasteiger charge is -2.17. The molecule has 6 nitrogen and oxygen atoms in total. The van der Waals surface area contributed by atoms with E-state index in [-0.39, 0.29) is 6.42 Å². The quantitative estimate of drug-likeness (QED) is 0.605. The lowest BCUT2D eigenvalue weighted by molar-refractivity contribution is -0.151. The van der Waals surface area contributed by atoms with Crippen LogP contribution in [0.5, 0.6) is 0 Å². The monoisotopic (exact) mass is 267 g/mol. The largest absolute Gasteiger partial charge is 0.457 e.